The number of amides is 1. The quantitative estimate of drug-likeness (QED) is 0.557. The van der Waals surface area contributed by atoms with Gasteiger partial charge in [0.05, 0.1) is 6.04 Å². The van der Waals surface area contributed by atoms with Crippen LogP contribution in [0.2, 0.25) is 0 Å². The van der Waals surface area contributed by atoms with Crippen LogP contribution in [0.3, 0.4) is 0 Å². The number of rotatable bonds is 4. The highest BCUT2D eigenvalue weighted by Gasteiger charge is 2.21. The normalized spacial score (nSPS) is 12.5. The molecule has 0 fully saturated rings. The number of aromatic hydroxyl groups is 2. The predicted octanol–water partition coefficient (Wildman–Crippen LogP) is 3.97. The summed E-state index contributed by atoms with van der Waals surface area (Å²) in [6.07, 6.45) is 2.48. The van der Waals surface area contributed by atoms with E-state index in [4.69, 9.17) is 0 Å². The van der Waals surface area contributed by atoms with Crippen LogP contribution in [-0.4, -0.2) is 20.7 Å². The van der Waals surface area contributed by atoms with Crippen molar-refractivity contribution < 1.29 is 15.0 Å². The Labute approximate surface area is 143 Å². The third kappa shape index (κ3) is 3.01. The standard InChI is InChI=1S/C19H16N2O4/c1-12(14-5-3-2-4-6-14)21-18(23)15-9-7-13(8-10-17(22)20-25)11-16(15)19(21)24/h2-12,23-24H,1H3/b10-8+/t12-/m1/s1. The highest BCUT2D eigenvalue weighted by Crippen LogP contribution is 2.40. The number of carbonyl (C=O) groups is 1. The molecule has 2 aromatic carbocycles. The number of hydrogen-bond donors (Lipinski definition) is 2. The van der Waals surface area contributed by atoms with Crippen molar-refractivity contribution in [3.05, 3.63) is 70.6 Å². The molecule has 3 rings (SSSR count). The zero-order chi connectivity index (χ0) is 18.0. The van der Waals surface area contributed by atoms with E-state index in [9.17, 15) is 19.9 Å². The summed E-state index contributed by atoms with van der Waals surface area (Å²) in [5.41, 5.74) is 1.54. The summed E-state index contributed by atoms with van der Waals surface area (Å²) >= 11 is 0. The SMILES string of the molecule is C[C@H](c1ccccc1)n1c(O)c2ccc(/C=C/C(=O)N=O)cc2c1O. The average molecular weight is 336 g/mol. The van der Waals surface area contributed by atoms with E-state index in [0.29, 0.717) is 16.3 Å². The van der Waals surface area contributed by atoms with Crippen LogP contribution in [0.5, 0.6) is 11.8 Å². The minimum atomic E-state index is -0.887. The van der Waals surface area contributed by atoms with Crippen LogP contribution < -0.4 is 0 Å². The molecule has 6 nitrogen and oxygen atoms in total. The molecule has 0 aliphatic rings. The lowest BCUT2D eigenvalue weighted by molar-refractivity contribution is -0.113. The van der Waals surface area contributed by atoms with Crippen LogP contribution in [0, 0.1) is 4.91 Å². The van der Waals surface area contributed by atoms with Gasteiger partial charge in [-0.2, -0.15) is 0 Å². The maximum absolute atomic E-state index is 11.0. The molecule has 0 aliphatic heterocycles. The summed E-state index contributed by atoms with van der Waals surface area (Å²) < 4.78 is 1.45. The van der Waals surface area contributed by atoms with Gasteiger partial charge in [-0.15, -0.1) is 4.91 Å². The van der Waals surface area contributed by atoms with Gasteiger partial charge in [0.1, 0.15) is 0 Å². The van der Waals surface area contributed by atoms with Crippen LogP contribution >= 0.6 is 0 Å². The molecule has 126 valence electrons. The number of hydrogen-bond acceptors (Lipinski definition) is 4. The van der Waals surface area contributed by atoms with Gasteiger partial charge in [0, 0.05) is 22.0 Å². The zero-order valence-corrected chi connectivity index (χ0v) is 13.5. The Bertz CT molecular complexity index is 974. The third-order valence-electron chi connectivity index (χ3n) is 4.16. The molecule has 0 radical (unpaired) electrons. The summed E-state index contributed by atoms with van der Waals surface area (Å²) in [4.78, 5) is 21.1. The van der Waals surface area contributed by atoms with E-state index in [-0.39, 0.29) is 17.8 Å². The Kier molecular flexibility index (Phi) is 4.35. The lowest BCUT2D eigenvalue weighted by Gasteiger charge is -2.16. The second kappa shape index (κ2) is 6.60. The minimum Gasteiger partial charge on any atom is -0.494 e. The molecule has 0 saturated carbocycles. The molecule has 1 atom stereocenters. The average Bonchev–Trinajstić information content (AvgIpc) is 2.90. The highest BCUT2D eigenvalue weighted by atomic mass is 16.3. The number of benzene rings is 2. The van der Waals surface area contributed by atoms with Crippen molar-refractivity contribution in [2.75, 3.05) is 0 Å². The van der Waals surface area contributed by atoms with Gasteiger partial charge < -0.3 is 10.2 Å². The van der Waals surface area contributed by atoms with Gasteiger partial charge in [0.2, 0.25) is 11.8 Å². The van der Waals surface area contributed by atoms with Gasteiger partial charge in [0.25, 0.3) is 0 Å². The van der Waals surface area contributed by atoms with Gasteiger partial charge in [0.15, 0.2) is 0 Å². The number of nitrogens with zero attached hydrogens (tertiary/aromatic N) is 2. The number of nitroso groups, excluding NO2 is 1. The molecule has 0 spiro atoms. The molecule has 1 aromatic heterocycles. The molecule has 6 heteroatoms. The number of aromatic nitrogens is 1. The van der Waals surface area contributed by atoms with Gasteiger partial charge in [-0.3, -0.25) is 9.36 Å². The molecular formula is C19H16N2O4. The van der Waals surface area contributed by atoms with E-state index in [1.54, 1.807) is 18.2 Å². The van der Waals surface area contributed by atoms with Crippen molar-refractivity contribution in [2.24, 2.45) is 5.18 Å². The van der Waals surface area contributed by atoms with Crippen molar-refractivity contribution in [3.63, 3.8) is 0 Å². The smallest absolute Gasteiger partial charge is 0.309 e. The number of carbonyl (C=O) groups excluding carboxylic acids is 1. The first-order valence-electron chi connectivity index (χ1n) is 7.69. The fourth-order valence-electron chi connectivity index (χ4n) is 2.85. The molecule has 3 aromatic rings. The first-order valence-corrected chi connectivity index (χ1v) is 7.69. The van der Waals surface area contributed by atoms with Crippen LogP contribution in [0.15, 0.2) is 59.8 Å². The molecule has 25 heavy (non-hydrogen) atoms. The Morgan fingerprint density at radius 1 is 1.08 bits per heavy atom. The summed E-state index contributed by atoms with van der Waals surface area (Å²) in [5.74, 6) is -0.994. The third-order valence-corrected chi connectivity index (χ3v) is 4.16. The van der Waals surface area contributed by atoms with Crippen LogP contribution in [-0.2, 0) is 4.79 Å². The van der Waals surface area contributed by atoms with E-state index in [1.165, 1.54) is 10.6 Å². The number of fused-ring (bicyclic) bond motifs is 1. The van der Waals surface area contributed by atoms with Crippen molar-refractivity contribution in [1.29, 1.82) is 0 Å². The van der Waals surface area contributed by atoms with Gasteiger partial charge in [-0.05, 0) is 36.3 Å². The van der Waals surface area contributed by atoms with Gasteiger partial charge in [-0.25, -0.2) is 0 Å². The summed E-state index contributed by atoms with van der Waals surface area (Å²) in [7, 11) is 0. The molecule has 0 unspecified atom stereocenters. The molecule has 1 heterocycles. The molecule has 0 saturated heterocycles. The zero-order valence-electron chi connectivity index (χ0n) is 13.5. The molecular weight excluding hydrogens is 320 g/mol. The Morgan fingerprint density at radius 3 is 2.44 bits per heavy atom. The fourth-order valence-corrected chi connectivity index (χ4v) is 2.85. The minimum absolute atomic E-state index is 0.0370. The first kappa shape index (κ1) is 16.4. The van der Waals surface area contributed by atoms with E-state index < -0.39 is 5.91 Å². The van der Waals surface area contributed by atoms with Crippen molar-refractivity contribution in [3.8, 4) is 11.8 Å². The molecule has 0 bridgehead atoms. The highest BCUT2D eigenvalue weighted by molar-refractivity contribution is 5.96. The van der Waals surface area contributed by atoms with E-state index in [0.717, 1.165) is 11.6 Å². The molecule has 1 amide bonds. The van der Waals surface area contributed by atoms with Crippen LogP contribution in [0.4, 0.5) is 0 Å². The Balaban J connectivity index is 2.08. The van der Waals surface area contributed by atoms with Crippen molar-refractivity contribution in [2.45, 2.75) is 13.0 Å². The summed E-state index contributed by atoms with van der Waals surface area (Å²) in [6.45, 7) is 1.88. The maximum Gasteiger partial charge on any atom is 0.309 e. The van der Waals surface area contributed by atoms with Gasteiger partial charge in [-0.1, -0.05) is 36.4 Å². The summed E-state index contributed by atoms with van der Waals surface area (Å²) in [5, 5.41) is 24.4. The lowest BCUT2D eigenvalue weighted by atomic mass is 10.1. The summed E-state index contributed by atoms with van der Waals surface area (Å²) in [6, 6.07) is 14.2. The molecule has 0 aliphatic carbocycles. The maximum atomic E-state index is 11.0. The van der Waals surface area contributed by atoms with Crippen LogP contribution in [0.1, 0.15) is 24.1 Å². The monoisotopic (exact) mass is 336 g/mol. The van der Waals surface area contributed by atoms with Crippen LogP contribution in [0.25, 0.3) is 16.8 Å². The second-order valence-corrected chi connectivity index (χ2v) is 5.67. The largest absolute Gasteiger partial charge is 0.494 e. The Hall–Kier alpha value is -3.41. The predicted molar refractivity (Wildman–Crippen MR) is 95.4 cm³/mol. The van der Waals surface area contributed by atoms with E-state index in [2.05, 4.69) is 5.18 Å². The Morgan fingerprint density at radius 2 is 1.76 bits per heavy atom. The van der Waals surface area contributed by atoms with E-state index >= 15 is 0 Å². The van der Waals surface area contributed by atoms with Gasteiger partial charge >= 0.3 is 5.91 Å². The van der Waals surface area contributed by atoms with Crippen molar-refractivity contribution >= 4 is 22.8 Å². The fraction of sp³-hybridized carbons (Fsp3) is 0.105. The second-order valence-electron chi connectivity index (χ2n) is 5.67. The topological polar surface area (TPSA) is 91.9 Å². The lowest BCUT2D eigenvalue weighted by Crippen LogP contribution is -2.05. The van der Waals surface area contributed by atoms with Crippen molar-refractivity contribution in [1.82, 2.24) is 4.57 Å². The first-order chi connectivity index (χ1) is 12.0. The van der Waals surface area contributed by atoms with E-state index in [1.807, 2.05) is 37.3 Å². The molecule has 2 N–H and O–H groups in total.